The lowest BCUT2D eigenvalue weighted by molar-refractivity contribution is 1.47. The van der Waals surface area contributed by atoms with Crippen LogP contribution in [0.3, 0.4) is 0 Å². The summed E-state index contributed by atoms with van der Waals surface area (Å²) in [6, 6.07) is 34.5. The van der Waals surface area contributed by atoms with Gasteiger partial charge >= 0.3 is 0 Å². The lowest BCUT2D eigenvalue weighted by Gasteiger charge is -2.15. The predicted molar refractivity (Wildman–Crippen MR) is 122 cm³/mol. The first-order valence-corrected chi connectivity index (χ1v) is 9.86. The maximum absolute atomic E-state index is 6.11. The van der Waals surface area contributed by atoms with Gasteiger partial charge in [-0.3, -0.25) is 0 Å². The molecule has 0 nitrogen and oxygen atoms in total. The summed E-state index contributed by atoms with van der Waals surface area (Å²) in [5, 5.41) is 5.84. The summed E-state index contributed by atoms with van der Waals surface area (Å²) in [7, 11) is 0. The van der Waals surface area contributed by atoms with Gasteiger partial charge in [0.1, 0.15) is 0 Å². The SMILES string of the molecule is Cc1ccc(-c2c3ccccc3cc3c(-c4ccc(Cl)cc4)cccc23)cc1. The molecule has 0 aliphatic heterocycles. The first-order chi connectivity index (χ1) is 13.7. The van der Waals surface area contributed by atoms with Gasteiger partial charge < -0.3 is 0 Å². The summed E-state index contributed by atoms with van der Waals surface area (Å²) in [6.45, 7) is 2.13. The Morgan fingerprint density at radius 2 is 1.25 bits per heavy atom. The highest BCUT2D eigenvalue weighted by Crippen LogP contribution is 2.40. The van der Waals surface area contributed by atoms with Crippen molar-refractivity contribution >= 4 is 33.1 Å². The van der Waals surface area contributed by atoms with Crippen molar-refractivity contribution in [1.82, 2.24) is 0 Å². The van der Waals surface area contributed by atoms with Crippen LogP contribution < -0.4 is 0 Å². The van der Waals surface area contributed by atoms with E-state index in [9.17, 15) is 0 Å². The molecule has 0 amide bonds. The number of aryl methyl sites for hydroxylation is 1. The molecule has 0 unspecified atom stereocenters. The molecule has 0 aliphatic carbocycles. The van der Waals surface area contributed by atoms with Gasteiger partial charge in [-0.05, 0) is 68.9 Å². The van der Waals surface area contributed by atoms with Crippen LogP contribution in [0.4, 0.5) is 0 Å². The van der Waals surface area contributed by atoms with Gasteiger partial charge in [-0.2, -0.15) is 0 Å². The van der Waals surface area contributed by atoms with Gasteiger partial charge in [0.05, 0.1) is 0 Å². The first kappa shape index (κ1) is 17.0. The van der Waals surface area contributed by atoms with Gasteiger partial charge in [0.15, 0.2) is 0 Å². The minimum absolute atomic E-state index is 0.759. The zero-order valence-electron chi connectivity index (χ0n) is 15.6. The lowest BCUT2D eigenvalue weighted by Crippen LogP contribution is -1.88. The molecule has 0 aromatic heterocycles. The molecule has 1 heteroatoms. The summed E-state index contributed by atoms with van der Waals surface area (Å²) >= 11 is 6.11. The molecule has 5 aromatic carbocycles. The normalized spacial score (nSPS) is 11.2. The monoisotopic (exact) mass is 378 g/mol. The van der Waals surface area contributed by atoms with Gasteiger partial charge in [-0.15, -0.1) is 0 Å². The van der Waals surface area contributed by atoms with Crippen molar-refractivity contribution in [1.29, 1.82) is 0 Å². The molecule has 0 bridgehead atoms. The second-order valence-corrected chi connectivity index (χ2v) is 7.68. The Balaban J connectivity index is 1.90. The Morgan fingerprint density at radius 1 is 0.571 bits per heavy atom. The van der Waals surface area contributed by atoms with E-state index in [1.54, 1.807) is 0 Å². The van der Waals surface area contributed by atoms with Crippen LogP contribution in [0.1, 0.15) is 5.56 Å². The topological polar surface area (TPSA) is 0 Å². The highest BCUT2D eigenvalue weighted by atomic mass is 35.5. The van der Waals surface area contributed by atoms with Gasteiger partial charge in [0.2, 0.25) is 0 Å². The average molecular weight is 379 g/mol. The van der Waals surface area contributed by atoms with Gasteiger partial charge in [0, 0.05) is 5.02 Å². The Labute approximate surface area is 170 Å². The van der Waals surface area contributed by atoms with Crippen molar-refractivity contribution in [2.24, 2.45) is 0 Å². The second kappa shape index (κ2) is 6.82. The summed E-state index contributed by atoms with van der Waals surface area (Å²) in [5.74, 6) is 0. The van der Waals surface area contributed by atoms with Crippen molar-refractivity contribution in [3.63, 3.8) is 0 Å². The Bertz CT molecular complexity index is 1300. The van der Waals surface area contributed by atoms with Crippen molar-refractivity contribution in [2.75, 3.05) is 0 Å². The fraction of sp³-hybridized carbons (Fsp3) is 0.0370. The minimum Gasteiger partial charge on any atom is -0.0843 e. The molecule has 0 atom stereocenters. The van der Waals surface area contributed by atoms with E-state index in [0.717, 1.165) is 5.02 Å². The third kappa shape index (κ3) is 2.87. The van der Waals surface area contributed by atoms with Crippen LogP contribution >= 0.6 is 11.6 Å². The Hall–Kier alpha value is -3.09. The van der Waals surface area contributed by atoms with Crippen molar-refractivity contribution in [3.05, 3.63) is 108 Å². The summed E-state index contributed by atoms with van der Waals surface area (Å²) in [4.78, 5) is 0. The van der Waals surface area contributed by atoms with E-state index in [2.05, 4.69) is 91.9 Å². The first-order valence-electron chi connectivity index (χ1n) is 9.48. The molecule has 134 valence electrons. The average Bonchev–Trinajstić information content (AvgIpc) is 2.73. The van der Waals surface area contributed by atoms with E-state index >= 15 is 0 Å². The summed E-state index contributed by atoms with van der Waals surface area (Å²) in [5.41, 5.74) is 6.23. The molecule has 0 aliphatic rings. The molecule has 28 heavy (non-hydrogen) atoms. The van der Waals surface area contributed by atoms with Crippen LogP contribution in [-0.4, -0.2) is 0 Å². The van der Waals surface area contributed by atoms with Crippen molar-refractivity contribution in [3.8, 4) is 22.3 Å². The maximum atomic E-state index is 6.11. The smallest absolute Gasteiger partial charge is 0.0406 e. The molecule has 0 heterocycles. The van der Waals surface area contributed by atoms with E-state index in [0.29, 0.717) is 0 Å². The maximum Gasteiger partial charge on any atom is 0.0406 e. The highest BCUT2D eigenvalue weighted by Gasteiger charge is 2.13. The number of halogens is 1. The van der Waals surface area contributed by atoms with Crippen LogP contribution in [0.2, 0.25) is 5.02 Å². The largest absolute Gasteiger partial charge is 0.0843 e. The van der Waals surface area contributed by atoms with Crippen molar-refractivity contribution in [2.45, 2.75) is 6.92 Å². The van der Waals surface area contributed by atoms with Crippen LogP contribution in [-0.2, 0) is 0 Å². The van der Waals surface area contributed by atoms with Crippen molar-refractivity contribution < 1.29 is 0 Å². The Morgan fingerprint density at radius 3 is 2.04 bits per heavy atom. The second-order valence-electron chi connectivity index (χ2n) is 7.25. The number of hydrogen-bond donors (Lipinski definition) is 0. The molecule has 0 spiro atoms. The molecule has 5 aromatic rings. The number of rotatable bonds is 2. The van der Waals surface area contributed by atoms with E-state index in [1.807, 2.05) is 12.1 Å². The van der Waals surface area contributed by atoms with Crippen LogP contribution in [0, 0.1) is 6.92 Å². The van der Waals surface area contributed by atoms with Crippen LogP contribution in [0.5, 0.6) is 0 Å². The molecular weight excluding hydrogens is 360 g/mol. The molecular formula is C27H19Cl. The van der Waals surface area contributed by atoms with Gasteiger partial charge in [-0.25, -0.2) is 0 Å². The highest BCUT2D eigenvalue weighted by molar-refractivity contribution is 6.30. The number of fused-ring (bicyclic) bond motifs is 2. The molecule has 0 N–H and O–H groups in total. The zero-order valence-corrected chi connectivity index (χ0v) is 16.4. The standard InChI is InChI=1S/C27H19Cl/c1-18-9-11-20(12-10-18)27-24-6-3-2-5-21(24)17-26-23(7-4-8-25(26)27)19-13-15-22(28)16-14-19/h2-17H,1H3. The number of hydrogen-bond acceptors (Lipinski definition) is 0. The van der Waals surface area contributed by atoms with Crippen LogP contribution in [0.25, 0.3) is 43.8 Å². The van der Waals surface area contributed by atoms with Gasteiger partial charge in [0.25, 0.3) is 0 Å². The van der Waals surface area contributed by atoms with Crippen LogP contribution in [0.15, 0.2) is 97.1 Å². The molecule has 0 saturated heterocycles. The van der Waals surface area contributed by atoms with Gasteiger partial charge in [-0.1, -0.05) is 96.0 Å². The third-order valence-electron chi connectivity index (χ3n) is 5.40. The lowest BCUT2D eigenvalue weighted by atomic mass is 9.88. The van der Waals surface area contributed by atoms with E-state index < -0.39 is 0 Å². The fourth-order valence-corrected chi connectivity index (χ4v) is 4.13. The molecule has 0 radical (unpaired) electrons. The minimum atomic E-state index is 0.759. The van der Waals surface area contributed by atoms with E-state index in [1.165, 1.54) is 49.4 Å². The van der Waals surface area contributed by atoms with E-state index in [4.69, 9.17) is 11.6 Å². The molecule has 5 rings (SSSR count). The summed E-state index contributed by atoms with van der Waals surface area (Å²) < 4.78 is 0. The zero-order chi connectivity index (χ0) is 19.1. The molecule has 0 saturated carbocycles. The quantitative estimate of drug-likeness (QED) is 0.271. The third-order valence-corrected chi connectivity index (χ3v) is 5.65. The fourth-order valence-electron chi connectivity index (χ4n) is 4.00. The Kier molecular flexibility index (Phi) is 4.15. The van der Waals surface area contributed by atoms with E-state index in [-0.39, 0.29) is 0 Å². The summed E-state index contributed by atoms with van der Waals surface area (Å²) in [6.07, 6.45) is 0. The predicted octanol–water partition coefficient (Wildman–Crippen LogP) is 8.29. The molecule has 0 fully saturated rings. The number of benzene rings is 5.